The van der Waals surface area contributed by atoms with Crippen LogP contribution in [0.4, 0.5) is 11.4 Å². The summed E-state index contributed by atoms with van der Waals surface area (Å²) in [6, 6.07) is 4.73. The molecule has 1 aromatic carbocycles. The lowest BCUT2D eigenvalue weighted by Crippen LogP contribution is -2.21. The highest BCUT2D eigenvalue weighted by Gasteiger charge is 2.21. The molecule has 1 heterocycles. The predicted molar refractivity (Wildman–Crippen MR) is 66.5 cm³/mol. The molecule has 18 heavy (non-hydrogen) atoms. The Morgan fingerprint density at radius 3 is 2.83 bits per heavy atom. The summed E-state index contributed by atoms with van der Waals surface area (Å²) in [6.07, 6.45) is 1.85. The Kier molecular flexibility index (Phi) is 3.99. The van der Waals surface area contributed by atoms with Gasteiger partial charge in [0, 0.05) is 13.2 Å². The lowest BCUT2D eigenvalue weighted by molar-refractivity contribution is -0.384. The molecule has 0 amide bonds. The molecule has 1 aliphatic heterocycles. The van der Waals surface area contributed by atoms with E-state index in [1.807, 2.05) is 0 Å². The molecule has 1 aromatic rings. The lowest BCUT2D eigenvalue weighted by atomic mass is 10.0. The molecule has 1 fully saturated rings. The third-order valence-corrected chi connectivity index (χ3v) is 3.03. The van der Waals surface area contributed by atoms with Crippen molar-refractivity contribution in [3.63, 3.8) is 0 Å². The number of para-hydroxylation sites is 1. The second kappa shape index (κ2) is 5.68. The topological polar surface area (TPSA) is 87.6 Å². The standard InChI is InChI=1S/C12H16N2O4/c13-10-2-1-3-11(12(10)14(15)16)18-8-9-4-6-17-7-5-9/h1-3,9H,4-8,13H2. The Hall–Kier alpha value is -1.82. The first-order valence-corrected chi connectivity index (χ1v) is 5.92. The molecular weight excluding hydrogens is 236 g/mol. The summed E-state index contributed by atoms with van der Waals surface area (Å²) in [5, 5.41) is 10.9. The van der Waals surface area contributed by atoms with Gasteiger partial charge in [-0.1, -0.05) is 6.07 Å². The fourth-order valence-electron chi connectivity index (χ4n) is 1.97. The minimum atomic E-state index is -0.505. The number of hydrogen-bond acceptors (Lipinski definition) is 5. The molecule has 6 heteroatoms. The van der Waals surface area contributed by atoms with Crippen molar-refractivity contribution in [2.24, 2.45) is 5.92 Å². The van der Waals surface area contributed by atoms with Crippen LogP contribution in [0, 0.1) is 16.0 Å². The van der Waals surface area contributed by atoms with Gasteiger partial charge in [-0.3, -0.25) is 10.1 Å². The molecule has 0 aliphatic carbocycles. The number of benzene rings is 1. The van der Waals surface area contributed by atoms with Crippen molar-refractivity contribution in [2.75, 3.05) is 25.6 Å². The summed E-state index contributed by atoms with van der Waals surface area (Å²) in [6.45, 7) is 1.92. The van der Waals surface area contributed by atoms with E-state index in [1.165, 1.54) is 6.07 Å². The number of ether oxygens (including phenoxy) is 2. The number of nitro benzene ring substituents is 1. The zero-order chi connectivity index (χ0) is 13.0. The van der Waals surface area contributed by atoms with E-state index in [0.717, 1.165) is 26.1 Å². The molecule has 0 unspecified atom stereocenters. The van der Waals surface area contributed by atoms with Crippen LogP contribution in [0.3, 0.4) is 0 Å². The third-order valence-electron chi connectivity index (χ3n) is 3.03. The van der Waals surface area contributed by atoms with Gasteiger partial charge < -0.3 is 15.2 Å². The van der Waals surface area contributed by atoms with Crippen molar-refractivity contribution in [3.05, 3.63) is 28.3 Å². The molecule has 0 saturated carbocycles. The number of nitrogen functional groups attached to an aromatic ring is 1. The molecular formula is C12H16N2O4. The lowest BCUT2D eigenvalue weighted by Gasteiger charge is -2.22. The molecule has 1 saturated heterocycles. The van der Waals surface area contributed by atoms with Crippen molar-refractivity contribution >= 4 is 11.4 Å². The van der Waals surface area contributed by atoms with Crippen LogP contribution in [0.25, 0.3) is 0 Å². The molecule has 0 radical (unpaired) electrons. The molecule has 2 N–H and O–H groups in total. The quantitative estimate of drug-likeness (QED) is 0.503. The van der Waals surface area contributed by atoms with Gasteiger partial charge in [-0.2, -0.15) is 0 Å². The van der Waals surface area contributed by atoms with Gasteiger partial charge in [0.25, 0.3) is 0 Å². The Labute approximate surface area is 105 Å². The highest BCUT2D eigenvalue weighted by atomic mass is 16.6. The van der Waals surface area contributed by atoms with E-state index in [0.29, 0.717) is 12.5 Å². The molecule has 98 valence electrons. The highest BCUT2D eigenvalue weighted by Crippen LogP contribution is 2.33. The van der Waals surface area contributed by atoms with Crippen LogP contribution >= 0.6 is 0 Å². The molecule has 0 spiro atoms. The zero-order valence-corrected chi connectivity index (χ0v) is 10.0. The van der Waals surface area contributed by atoms with Crippen LogP contribution in [0.15, 0.2) is 18.2 Å². The number of nitrogens with zero attached hydrogens (tertiary/aromatic N) is 1. The molecule has 0 aromatic heterocycles. The molecule has 6 nitrogen and oxygen atoms in total. The summed E-state index contributed by atoms with van der Waals surface area (Å²) in [5.74, 6) is 0.631. The highest BCUT2D eigenvalue weighted by molar-refractivity contribution is 5.65. The average Bonchev–Trinajstić information content (AvgIpc) is 2.37. The van der Waals surface area contributed by atoms with Crippen molar-refractivity contribution in [1.29, 1.82) is 0 Å². The third kappa shape index (κ3) is 2.89. The van der Waals surface area contributed by atoms with E-state index in [-0.39, 0.29) is 17.1 Å². The van der Waals surface area contributed by atoms with Crippen LogP contribution in [-0.2, 0) is 4.74 Å². The van der Waals surface area contributed by atoms with Gasteiger partial charge in [0.15, 0.2) is 5.75 Å². The van der Waals surface area contributed by atoms with E-state index >= 15 is 0 Å². The van der Waals surface area contributed by atoms with Crippen molar-refractivity contribution < 1.29 is 14.4 Å². The number of nitro groups is 1. The van der Waals surface area contributed by atoms with E-state index < -0.39 is 4.92 Å². The van der Waals surface area contributed by atoms with Gasteiger partial charge in [0.05, 0.1) is 11.5 Å². The van der Waals surface area contributed by atoms with Crippen LogP contribution in [0.5, 0.6) is 5.75 Å². The Balaban J connectivity index is 2.04. The second-order valence-corrected chi connectivity index (χ2v) is 4.32. The summed E-state index contributed by atoms with van der Waals surface area (Å²) in [7, 11) is 0. The van der Waals surface area contributed by atoms with Crippen LogP contribution < -0.4 is 10.5 Å². The van der Waals surface area contributed by atoms with Gasteiger partial charge in [-0.15, -0.1) is 0 Å². The number of nitrogens with two attached hydrogens (primary N) is 1. The van der Waals surface area contributed by atoms with Crippen molar-refractivity contribution in [2.45, 2.75) is 12.8 Å². The first kappa shape index (κ1) is 12.6. The first-order chi connectivity index (χ1) is 8.68. The number of rotatable bonds is 4. The van der Waals surface area contributed by atoms with Gasteiger partial charge in [-0.05, 0) is 30.9 Å². The van der Waals surface area contributed by atoms with Crippen LogP contribution in [0.1, 0.15) is 12.8 Å². The van der Waals surface area contributed by atoms with E-state index in [1.54, 1.807) is 12.1 Å². The Morgan fingerprint density at radius 2 is 2.17 bits per heavy atom. The van der Waals surface area contributed by atoms with Crippen LogP contribution in [-0.4, -0.2) is 24.7 Å². The Bertz CT molecular complexity index is 430. The average molecular weight is 252 g/mol. The smallest absolute Gasteiger partial charge is 0.333 e. The minimum absolute atomic E-state index is 0.129. The van der Waals surface area contributed by atoms with Crippen LogP contribution in [0.2, 0.25) is 0 Å². The molecule has 0 atom stereocenters. The van der Waals surface area contributed by atoms with E-state index in [4.69, 9.17) is 15.2 Å². The predicted octanol–water partition coefficient (Wildman–Crippen LogP) is 1.98. The maximum Gasteiger partial charge on any atom is 0.333 e. The fraction of sp³-hybridized carbons (Fsp3) is 0.500. The maximum absolute atomic E-state index is 10.9. The SMILES string of the molecule is Nc1cccc(OCC2CCOCC2)c1[N+](=O)[O-]. The van der Waals surface area contributed by atoms with Crippen molar-refractivity contribution in [3.8, 4) is 5.75 Å². The van der Waals surface area contributed by atoms with Gasteiger partial charge in [0.2, 0.25) is 0 Å². The summed E-state index contributed by atoms with van der Waals surface area (Å²) < 4.78 is 10.8. The normalized spacial score (nSPS) is 16.4. The van der Waals surface area contributed by atoms with Gasteiger partial charge in [-0.25, -0.2) is 0 Å². The second-order valence-electron chi connectivity index (χ2n) is 4.32. The van der Waals surface area contributed by atoms with E-state index in [2.05, 4.69) is 0 Å². The Morgan fingerprint density at radius 1 is 1.44 bits per heavy atom. The number of hydrogen-bond donors (Lipinski definition) is 1. The number of anilines is 1. The minimum Gasteiger partial charge on any atom is -0.486 e. The monoisotopic (exact) mass is 252 g/mol. The van der Waals surface area contributed by atoms with Crippen molar-refractivity contribution in [1.82, 2.24) is 0 Å². The molecule has 0 bridgehead atoms. The van der Waals surface area contributed by atoms with Gasteiger partial charge in [0.1, 0.15) is 5.69 Å². The van der Waals surface area contributed by atoms with Gasteiger partial charge >= 0.3 is 5.69 Å². The summed E-state index contributed by atoms with van der Waals surface area (Å²) in [4.78, 5) is 10.4. The largest absolute Gasteiger partial charge is 0.486 e. The molecule has 1 aliphatic rings. The maximum atomic E-state index is 10.9. The summed E-state index contributed by atoms with van der Waals surface area (Å²) >= 11 is 0. The van der Waals surface area contributed by atoms with E-state index in [9.17, 15) is 10.1 Å². The zero-order valence-electron chi connectivity index (χ0n) is 10.0. The molecule has 2 rings (SSSR count). The fourth-order valence-corrected chi connectivity index (χ4v) is 1.97. The summed E-state index contributed by atoms with van der Waals surface area (Å²) in [5.41, 5.74) is 5.57. The first-order valence-electron chi connectivity index (χ1n) is 5.92.